The van der Waals surface area contributed by atoms with Crippen molar-refractivity contribution in [3.05, 3.63) is 77.4 Å². The predicted molar refractivity (Wildman–Crippen MR) is 95.6 cm³/mol. The summed E-state index contributed by atoms with van der Waals surface area (Å²) < 4.78 is 13.4. The zero-order valence-corrected chi connectivity index (χ0v) is 14.3. The maximum atomic E-state index is 5.93. The number of ether oxygens (including phenoxy) is 1. The van der Waals surface area contributed by atoms with Gasteiger partial charge in [-0.3, -0.25) is 0 Å². The lowest BCUT2D eigenvalue weighted by atomic mass is 10.2. The van der Waals surface area contributed by atoms with Gasteiger partial charge in [0, 0.05) is 6.07 Å². The third kappa shape index (κ3) is 3.26. The van der Waals surface area contributed by atoms with Crippen molar-refractivity contribution < 1.29 is 9.26 Å². The van der Waals surface area contributed by atoms with E-state index in [0.717, 1.165) is 34.1 Å². The summed E-state index contributed by atoms with van der Waals surface area (Å²) >= 11 is 0. The lowest BCUT2D eigenvalue weighted by Gasteiger charge is -2.09. The molecule has 0 fully saturated rings. The van der Waals surface area contributed by atoms with Gasteiger partial charge in [0.2, 0.25) is 0 Å². The van der Waals surface area contributed by atoms with Crippen LogP contribution in [-0.4, -0.2) is 14.7 Å². The number of nitrogens with zero attached hydrogens (tertiary/aromatic N) is 3. The van der Waals surface area contributed by atoms with Gasteiger partial charge in [0.15, 0.2) is 5.76 Å². The van der Waals surface area contributed by atoms with Gasteiger partial charge < -0.3 is 13.8 Å². The molecule has 0 aliphatic heterocycles. The number of fused-ring (bicyclic) bond motifs is 1. The third-order valence-corrected chi connectivity index (χ3v) is 4.11. The molecule has 0 N–H and O–H groups in total. The zero-order valence-electron chi connectivity index (χ0n) is 14.3. The highest BCUT2D eigenvalue weighted by Crippen LogP contribution is 2.20. The van der Waals surface area contributed by atoms with Crippen LogP contribution in [-0.2, 0) is 13.2 Å². The van der Waals surface area contributed by atoms with Crippen LogP contribution >= 0.6 is 0 Å². The van der Waals surface area contributed by atoms with Crippen LogP contribution in [0.4, 0.5) is 0 Å². The number of para-hydroxylation sites is 2. The Kier molecular flexibility index (Phi) is 3.98. The van der Waals surface area contributed by atoms with E-state index in [-0.39, 0.29) is 0 Å². The largest absolute Gasteiger partial charge is 0.486 e. The smallest absolute Gasteiger partial charge is 0.156 e. The predicted octanol–water partition coefficient (Wildman–Crippen LogP) is 4.27. The van der Waals surface area contributed by atoms with Gasteiger partial charge >= 0.3 is 0 Å². The van der Waals surface area contributed by atoms with Crippen molar-refractivity contribution in [2.24, 2.45) is 0 Å². The second-order valence-corrected chi connectivity index (χ2v) is 6.14. The van der Waals surface area contributed by atoms with Crippen LogP contribution in [0.25, 0.3) is 11.0 Å². The van der Waals surface area contributed by atoms with Crippen molar-refractivity contribution in [1.29, 1.82) is 0 Å². The van der Waals surface area contributed by atoms with Crippen LogP contribution in [0, 0.1) is 13.8 Å². The van der Waals surface area contributed by atoms with E-state index in [4.69, 9.17) is 14.2 Å². The van der Waals surface area contributed by atoms with E-state index in [2.05, 4.69) is 22.7 Å². The molecule has 2 aromatic carbocycles. The van der Waals surface area contributed by atoms with Crippen molar-refractivity contribution in [1.82, 2.24) is 14.7 Å². The highest BCUT2D eigenvalue weighted by molar-refractivity contribution is 5.76. The SMILES string of the molecule is Cc1ccc(OCc2nc3ccccc3n2Cc2cc(C)no2)cc1. The van der Waals surface area contributed by atoms with Crippen molar-refractivity contribution in [3.8, 4) is 5.75 Å². The molecule has 5 heteroatoms. The van der Waals surface area contributed by atoms with Crippen LogP contribution in [0.2, 0.25) is 0 Å². The van der Waals surface area contributed by atoms with Crippen LogP contribution in [0.5, 0.6) is 5.75 Å². The Morgan fingerprint density at radius 1 is 1.04 bits per heavy atom. The Bertz CT molecular complexity index is 999. The average Bonchev–Trinajstić information content (AvgIpc) is 3.19. The van der Waals surface area contributed by atoms with E-state index in [0.29, 0.717) is 13.2 Å². The number of aromatic nitrogens is 3. The number of benzene rings is 2. The molecule has 0 amide bonds. The molecule has 0 aliphatic rings. The molecule has 0 radical (unpaired) electrons. The Balaban J connectivity index is 1.64. The highest BCUT2D eigenvalue weighted by atomic mass is 16.5. The fraction of sp³-hybridized carbons (Fsp3) is 0.200. The summed E-state index contributed by atoms with van der Waals surface area (Å²) in [6, 6.07) is 18.0. The normalized spacial score (nSPS) is 11.1. The molecule has 25 heavy (non-hydrogen) atoms. The molecule has 0 bridgehead atoms. The molecule has 0 unspecified atom stereocenters. The summed E-state index contributed by atoms with van der Waals surface area (Å²) in [7, 11) is 0. The molecule has 0 saturated heterocycles. The van der Waals surface area contributed by atoms with Crippen molar-refractivity contribution in [2.45, 2.75) is 27.0 Å². The maximum Gasteiger partial charge on any atom is 0.156 e. The van der Waals surface area contributed by atoms with Gasteiger partial charge in [-0.15, -0.1) is 0 Å². The zero-order chi connectivity index (χ0) is 17.2. The number of imidazole rings is 1. The summed E-state index contributed by atoms with van der Waals surface area (Å²) in [5, 5.41) is 3.97. The number of aryl methyl sites for hydroxylation is 2. The number of rotatable bonds is 5. The van der Waals surface area contributed by atoms with Crippen molar-refractivity contribution >= 4 is 11.0 Å². The van der Waals surface area contributed by atoms with Gasteiger partial charge in [0.25, 0.3) is 0 Å². The molecular formula is C20H19N3O2. The van der Waals surface area contributed by atoms with Crippen molar-refractivity contribution in [2.75, 3.05) is 0 Å². The second-order valence-electron chi connectivity index (χ2n) is 6.14. The summed E-state index contributed by atoms with van der Waals surface area (Å²) in [6.45, 7) is 4.95. The topological polar surface area (TPSA) is 53.1 Å². The van der Waals surface area contributed by atoms with Crippen LogP contribution < -0.4 is 4.74 Å². The molecule has 4 rings (SSSR count). The molecule has 5 nitrogen and oxygen atoms in total. The van der Waals surface area contributed by atoms with Crippen LogP contribution in [0.15, 0.2) is 59.1 Å². The van der Waals surface area contributed by atoms with E-state index in [1.807, 2.05) is 55.5 Å². The summed E-state index contributed by atoms with van der Waals surface area (Å²) in [5.41, 5.74) is 4.08. The molecule has 0 aliphatic carbocycles. The molecular weight excluding hydrogens is 314 g/mol. The fourth-order valence-corrected chi connectivity index (χ4v) is 2.84. The van der Waals surface area contributed by atoms with Crippen molar-refractivity contribution in [3.63, 3.8) is 0 Å². The van der Waals surface area contributed by atoms with E-state index >= 15 is 0 Å². The van der Waals surface area contributed by atoms with Gasteiger partial charge in [-0.05, 0) is 38.1 Å². The number of hydrogen-bond acceptors (Lipinski definition) is 4. The van der Waals surface area contributed by atoms with Gasteiger partial charge in [-0.25, -0.2) is 4.98 Å². The van der Waals surface area contributed by atoms with E-state index in [1.54, 1.807) is 0 Å². The first-order valence-corrected chi connectivity index (χ1v) is 8.25. The third-order valence-electron chi connectivity index (χ3n) is 4.11. The van der Waals surface area contributed by atoms with Crippen LogP contribution in [0.3, 0.4) is 0 Å². The van der Waals surface area contributed by atoms with Gasteiger partial charge in [-0.1, -0.05) is 35.0 Å². The Morgan fingerprint density at radius 3 is 2.60 bits per heavy atom. The van der Waals surface area contributed by atoms with E-state index in [1.165, 1.54) is 5.56 Å². The second kappa shape index (κ2) is 6.43. The van der Waals surface area contributed by atoms with Crippen LogP contribution in [0.1, 0.15) is 22.8 Å². The minimum absolute atomic E-state index is 0.394. The first-order valence-electron chi connectivity index (χ1n) is 8.25. The average molecular weight is 333 g/mol. The highest BCUT2D eigenvalue weighted by Gasteiger charge is 2.13. The fourth-order valence-electron chi connectivity index (χ4n) is 2.84. The summed E-state index contributed by atoms with van der Waals surface area (Å²) in [4.78, 5) is 4.72. The molecule has 0 spiro atoms. The summed E-state index contributed by atoms with van der Waals surface area (Å²) in [6.07, 6.45) is 0. The standard InChI is InChI=1S/C20H19N3O2/c1-14-7-9-16(10-8-14)24-13-20-21-18-5-3-4-6-19(18)23(20)12-17-11-15(2)22-25-17/h3-11H,12-13H2,1-2H3. The number of hydrogen-bond donors (Lipinski definition) is 0. The Labute approximate surface area is 145 Å². The monoisotopic (exact) mass is 333 g/mol. The molecule has 4 aromatic rings. The molecule has 2 heterocycles. The molecule has 0 atom stereocenters. The first kappa shape index (κ1) is 15.4. The van der Waals surface area contributed by atoms with Gasteiger partial charge in [0.1, 0.15) is 18.2 Å². The minimum Gasteiger partial charge on any atom is -0.486 e. The first-order chi connectivity index (χ1) is 12.2. The Morgan fingerprint density at radius 2 is 1.84 bits per heavy atom. The van der Waals surface area contributed by atoms with Gasteiger partial charge in [0.05, 0.1) is 23.3 Å². The maximum absolute atomic E-state index is 5.93. The molecule has 0 saturated carbocycles. The van der Waals surface area contributed by atoms with E-state index < -0.39 is 0 Å². The lowest BCUT2D eigenvalue weighted by Crippen LogP contribution is -2.08. The minimum atomic E-state index is 0.394. The molecule has 2 aromatic heterocycles. The Hall–Kier alpha value is -3.08. The molecule has 126 valence electrons. The lowest BCUT2D eigenvalue weighted by molar-refractivity contribution is 0.288. The van der Waals surface area contributed by atoms with E-state index in [9.17, 15) is 0 Å². The van der Waals surface area contributed by atoms with Gasteiger partial charge in [-0.2, -0.15) is 0 Å². The summed E-state index contributed by atoms with van der Waals surface area (Å²) in [5.74, 6) is 2.49. The quantitative estimate of drug-likeness (QED) is 0.547.